The topological polar surface area (TPSA) is 115 Å². The lowest BCUT2D eigenvalue weighted by Crippen LogP contribution is -2.46. The number of aryl methyl sites for hydroxylation is 1. The Morgan fingerprint density at radius 2 is 2.00 bits per heavy atom. The molecule has 38 heavy (non-hydrogen) atoms. The van der Waals surface area contributed by atoms with Crippen LogP contribution in [0.5, 0.6) is 5.88 Å². The lowest BCUT2D eigenvalue weighted by Gasteiger charge is -2.39. The number of hydrogen-bond donors (Lipinski definition) is 1. The van der Waals surface area contributed by atoms with Gasteiger partial charge in [-0.3, -0.25) is 9.58 Å². The second kappa shape index (κ2) is 9.77. The highest BCUT2D eigenvalue weighted by Crippen LogP contribution is 2.39. The minimum Gasteiger partial charge on any atom is -0.479 e. The van der Waals surface area contributed by atoms with Crippen LogP contribution in [0.2, 0.25) is 0 Å². The van der Waals surface area contributed by atoms with Crippen molar-refractivity contribution in [3.63, 3.8) is 0 Å². The number of likely N-dealkylation sites (tertiary alicyclic amines) is 1. The van der Waals surface area contributed by atoms with Crippen LogP contribution in [-0.4, -0.2) is 68.6 Å². The Kier molecular flexibility index (Phi) is 6.62. The van der Waals surface area contributed by atoms with Gasteiger partial charge in [-0.1, -0.05) is 0 Å². The van der Waals surface area contributed by atoms with Crippen molar-refractivity contribution in [3.05, 3.63) is 35.7 Å². The number of anilines is 2. The molecule has 2 aliphatic rings. The highest BCUT2D eigenvalue weighted by Gasteiger charge is 2.36. The number of rotatable bonds is 3. The van der Waals surface area contributed by atoms with Crippen LogP contribution in [0.1, 0.15) is 57.6 Å². The summed E-state index contributed by atoms with van der Waals surface area (Å²) in [6.07, 6.45) is 5.74. The van der Waals surface area contributed by atoms with Gasteiger partial charge in [-0.05, 0) is 70.6 Å². The number of ether oxygens (including phenoxy) is 2. The Morgan fingerprint density at radius 1 is 1.21 bits per heavy atom. The summed E-state index contributed by atoms with van der Waals surface area (Å²) in [4.78, 5) is 38.5. The third-order valence-electron chi connectivity index (χ3n) is 7.11. The first-order chi connectivity index (χ1) is 18.0. The Hall–Kier alpha value is -3.89. The number of carbonyl (C=O) groups is 2. The van der Waals surface area contributed by atoms with Gasteiger partial charge in [0.25, 0.3) is 0 Å². The molecule has 1 unspecified atom stereocenters. The van der Waals surface area contributed by atoms with Crippen LogP contribution in [0.25, 0.3) is 11.0 Å². The number of nitrogens with zero attached hydrogens (tertiary/aromatic N) is 6. The average Bonchev–Trinajstić information content (AvgIpc) is 3.44. The number of fused-ring (bicyclic) bond motifs is 2. The van der Waals surface area contributed by atoms with Gasteiger partial charge in [-0.25, -0.2) is 14.6 Å². The van der Waals surface area contributed by atoms with E-state index in [1.807, 2.05) is 45.0 Å². The van der Waals surface area contributed by atoms with E-state index in [4.69, 9.17) is 9.47 Å². The maximum Gasteiger partial charge on any atom is 0.410 e. The van der Waals surface area contributed by atoms with Crippen molar-refractivity contribution in [2.24, 2.45) is 7.05 Å². The monoisotopic (exact) mass is 521 g/mol. The van der Waals surface area contributed by atoms with Gasteiger partial charge in [-0.15, -0.1) is 0 Å². The second-order valence-corrected chi connectivity index (χ2v) is 11.0. The summed E-state index contributed by atoms with van der Waals surface area (Å²) in [7, 11) is 3.33. The predicted molar refractivity (Wildman–Crippen MR) is 144 cm³/mol. The molecule has 2 atom stereocenters. The maximum absolute atomic E-state index is 13.4. The molecule has 3 aromatic heterocycles. The predicted octanol–water partition coefficient (Wildman–Crippen LogP) is 4.47. The number of urea groups is 1. The van der Waals surface area contributed by atoms with Crippen LogP contribution < -0.4 is 15.0 Å². The number of pyridine rings is 2. The van der Waals surface area contributed by atoms with E-state index in [1.165, 1.54) is 12.7 Å². The zero-order valence-corrected chi connectivity index (χ0v) is 22.8. The highest BCUT2D eigenvalue weighted by atomic mass is 16.6. The standard InChI is InChI=1S/C27H35N7O4/c1-16-13-17(8-11-33(16)26(36)38-27(2,3)4)19-7-10-28-23-20(19)9-12-34(23)25(35)29-21-14-18-15-32(5)31-22(18)30-24(21)37-6/h7,10,14-17H,8-9,11-13H2,1-6H3,(H,29,35)/t16-,17?/m0/s1. The summed E-state index contributed by atoms with van der Waals surface area (Å²) in [6, 6.07) is 3.64. The Morgan fingerprint density at radius 3 is 2.71 bits per heavy atom. The van der Waals surface area contributed by atoms with Gasteiger partial charge < -0.3 is 19.7 Å². The van der Waals surface area contributed by atoms with Crippen molar-refractivity contribution in [2.45, 2.75) is 64.5 Å². The average molecular weight is 522 g/mol. The number of nitrogens with one attached hydrogen (secondary N) is 1. The Labute approximate surface area is 222 Å². The van der Waals surface area contributed by atoms with Gasteiger partial charge in [0.1, 0.15) is 17.1 Å². The van der Waals surface area contributed by atoms with E-state index in [0.29, 0.717) is 36.1 Å². The van der Waals surface area contributed by atoms with Gasteiger partial charge in [0.05, 0.1) is 7.11 Å². The van der Waals surface area contributed by atoms with Crippen molar-refractivity contribution in [3.8, 4) is 5.88 Å². The van der Waals surface area contributed by atoms with Crippen LogP contribution in [0, 0.1) is 0 Å². The van der Waals surface area contributed by atoms with Crippen LogP contribution >= 0.6 is 0 Å². The number of amides is 3. The molecule has 5 heterocycles. The molecular weight excluding hydrogens is 486 g/mol. The fourth-order valence-electron chi connectivity index (χ4n) is 5.43. The summed E-state index contributed by atoms with van der Waals surface area (Å²) in [5.74, 6) is 1.26. The first-order valence-corrected chi connectivity index (χ1v) is 13.0. The third kappa shape index (κ3) is 4.97. The molecular formula is C27H35N7O4. The van der Waals surface area contributed by atoms with E-state index >= 15 is 0 Å². The summed E-state index contributed by atoms with van der Waals surface area (Å²) in [6.45, 7) is 8.88. The molecule has 2 aliphatic heterocycles. The van der Waals surface area contributed by atoms with Gasteiger partial charge >= 0.3 is 12.1 Å². The first-order valence-electron chi connectivity index (χ1n) is 13.0. The van der Waals surface area contributed by atoms with Crippen LogP contribution in [0.15, 0.2) is 24.5 Å². The quantitative estimate of drug-likeness (QED) is 0.541. The zero-order chi connectivity index (χ0) is 27.2. The number of piperidine rings is 1. The smallest absolute Gasteiger partial charge is 0.410 e. The molecule has 0 saturated carbocycles. The molecule has 11 nitrogen and oxygen atoms in total. The molecule has 1 fully saturated rings. The van der Waals surface area contributed by atoms with Gasteiger partial charge in [0, 0.05) is 49.5 Å². The Balaban J connectivity index is 1.32. The fraction of sp³-hybridized carbons (Fsp3) is 0.519. The number of hydrogen-bond acceptors (Lipinski definition) is 7. The Bertz CT molecular complexity index is 1380. The van der Waals surface area contributed by atoms with Crippen molar-refractivity contribution < 1.29 is 19.1 Å². The van der Waals surface area contributed by atoms with E-state index in [1.54, 1.807) is 15.8 Å². The normalized spacial score (nSPS) is 19.4. The molecule has 3 amide bonds. The fourth-order valence-corrected chi connectivity index (χ4v) is 5.43. The zero-order valence-electron chi connectivity index (χ0n) is 22.8. The summed E-state index contributed by atoms with van der Waals surface area (Å²) in [5, 5.41) is 8.06. The van der Waals surface area contributed by atoms with E-state index in [-0.39, 0.29) is 24.1 Å². The highest BCUT2D eigenvalue weighted by molar-refractivity contribution is 6.04. The van der Waals surface area contributed by atoms with Gasteiger partial charge in [0.15, 0.2) is 5.65 Å². The lowest BCUT2D eigenvalue weighted by molar-refractivity contribution is 0.0103. The molecule has 11 heteroatoms. The van der Waals surface area contributed by atoms with Crippen molar-refractivity contribution >= 4 is 34.7 Å². The van der Waals surface area contributed by atoms with E-state index in [0.717, 1.165) is 30.2 Å². The van der Waals surface area contributed by atoms with Crippen molar-refractivity contribution in [1.29, 1.82) is 0 Å². The molecule has 1 N–H and O–H groups in total. The second-order valence-electron chi connectivity index (χ2n) is 11.0. The number of aromatic nitrogens is 4. The SMILES string of the molecule is COc1nc2nn(C)cc2cc1NC(=O)N1CCc2c(C3CCN(C(=O)OC(C)(C)C)[C@@H](C)C3)ccnc21. The molecule has 0 aromatic carbocycles. The van der Waals surface area contributed by atoms with Crippen LogP contribution in [0.4, 0.5) is 21.1 Å². The number of methoxy groups -OCH3 is 1. The summed E-state index contributed by atoms with van der Waals surface area (Å²) in [5.41, 5.74) is 2.81. The molecule has 0 bridgehead atoms. The van der Waals surface area contributed by atoms with E-state index in [9.17, 15) is 9.59 Å². The molecule has 0 spiro atoms. The largest absolute Gasteiger partial charge is 0.479 e. The molecule has 0 radical (unpaired) electrons. The minimum absolute atomic E-state index is 0.0515. The molecule has 0 aliphatic carbocycles. The van der Waals surface area contributed by atoms with Gasteiger partial charge in [-0.2, -0.15) is 10.1 Å². The molecule has 202 valence electrons. The minimum atomic E-state index is -0.520. The van der Waals surface area contributed by atoms with E-state index < -0.39 is 5.60 Å². The summed E-state index contributed by atoms with van der Waals surface area (Å²) < 4.78 is 12.7. The molecule has 5 rings (SSSR count). The van der Waals surface area contributed by atoms with Crippen LogP contribution in [-0.2, 0) is 18.2 Å². The summed E-state index contributed by atoms with van der Waals surface area (Å²) >= 11 is 0. The van der Waals surface area contributed by atoms with E-state index in [2.05, 4.69) is 33.4 Å². The van der Waals surface area contributed by atoms with Crippen molar-refractivity contribution in [1.82, 2.24) is 24.6 Å². The molecule has 1 saturated heterocycles. The third-order valence-corrected chi connectivity index (χ3v) is 7.11. The molecule has 3 aromatic rings. The van der Waals surface area contributed by atoms with Crippen LogP contribution in [0.3, 0.4) is 0 Å². The lowest BCUT2D eigenvalue weighted by atomic mass is 9.84. The number of carbonyl (C=O) groups excluding carboxylic acids is 2. The maximum atomic E-state index is 13.4. The first kappa shape index (κ1) is 25.7. The van der Waals surface area contributed by atoms with Crippen molar-refractivity contribution in [2.75, 3.05) is 30.4 Å². The van der Waals surface area contributed by atoms with Gasteiger partial charge in [0.2, 0.25) is 5.88 Å².